The van der Waals surface area contributed by atoms with Crippen molar-refractivity contribution in [2.45, 2.75) is 46.9 Å². The Kier molecular flexibility index (Phi) is 6.67. The van der Waals surface area contributed by atoms with E-state index in [2.05, 4.69) is 12.0 Å². The maximum absolute atomic E-state index is 6.25. The summed E-state index contributed by atoms with van der Waals surface area (Å²) >= 11 is 30.1. The SMILES string of the molecule is CCCCCCN1N=CN(C)C1C(Cl)(Cl)C(Cl)(Cl)Cl. The molecule has 0 aliphatic carbocycles. The zero-order valence-corrected chi connectivity index (χ0v) is 14.7. The molecule has 0 aromatic carbocycles. The van der Waals surface area contributed by atoms with E-state index in [0.717, 1.165) is 19.4 Å². The summed E-state index contributed by atoms with van der Waals surface area (Å²) < 4.78 is -3.38. The van der Waals surface area contributed by atoms with Gasteiger partial charge in [0.2, 0.25) is 8.13 Å². The largest absolute Gasteiger partial charge is 0.340 e. The van der Waals surface area contributed by atoms with Crippen molar-refractivity contribution in [3.63, 3.8) is 0 Å². The molecule has 1 atom stereocenters. The van der Waals surface area contributed by atoms with Gasteiger partial charge in [-0.05, 0) is 6.42 Å². The third-order valence-electron chi connectivity index (χ3n) is 2.99. The molecule has 0 amide bonds. The second-order valence-electron chi connectivity index (χ2n) is 4.61. The van der Waals surface area contributed by atoms with Gasteiger partial charge in [-0.2, -0.15) is 5.10 Å². The van der Waals surface area contributed by atoms with Crippen molar-refractivity contribution in [2.24, 2.45) is 5.10 Å². The number of hydrogen-bond donors (Lipinski definition) is 0. The quantitative estimate of drug-likeness (QED) is 0.502. The van der Waals surface area contributed by atoms with Gasteiger partial charge in [0, 0.05) is 13.6 Å². The van der Waals surface area contributed by atoms with E-state index >= 15 is 0 Å². The Hall–Kier alpha value is 0.720. The second kappa shape index (κ2) is 7.13. The first-order valence-corrected chi connectivity index (χ1v) is 8.08. The van der Waals surface area contributed by atoms with Gasteiger partial charge in [0.1, 0.15) is 6.34 Å². The average molecular weight is 370 g/mol. The van der Waals surface area contributed by atoms with Gasteiger partial charge in [0.15, 0.2) is 6.17 Å². The Bertz CT molecular complexity index is 316. The van der Waals surface area contributed by atoms with Crippen LogP contribution in [0.3, 0.4) is 0 Å². The number of unbranched alkanes of at least 4 members (excludes halogenated alkanes) is 3. The maximum atomic E-state index is 6.25. The fourth-order valence-corrected chi connectivity index (χ4v) is 2.78. The molecule has 0 fully saturated rings. The van der Waals surface area contributed by atoms with Crippen molar-refractivity contribution in [1.29, 1.82) is 0 Å². The Balaban J connectivity index is 2.69. The van der Waals surface area contributed by atoms with Crippen LogP contribution in [0.15, 0.2) is 5.10 Å². The zero-order chi connectivity index (χ0) is 14.7. The lowest BCUT2D eigenvalue weighted by atomic mass is 10.2. The van der Waals surface area contributed by atoms with Crippen LogP contribution in [0.2, 0.25) is 0 Å². The lowest BCUT2D eigenvalue weighted by Gasteiger charge is -2.40. The molecule has 0 N–H and O–H groups in total. The van der Waals surface area contributed by atoms with E-state index in [1.807, 2.05) is 0 Å². The van der Waals surface area contributed by atoms with E-state index < -0.39 is 14.3 Å². The summed E-state index contributed by atoms with van der Waals surface area (Å²) in [5.74, 6) is 0. The molecule has 1 unspecified atom stereocenters. The molecule has 1 aliphatic rings. The normalized spacial score (nSPS) is 20.5. The molecule has 1 heterocycles. The highest BCUT2D eigenvalue weighted by atomic mass is 35.6. The topological polar surface area (TPSA) is 18.8 Å². The molecule has 0 bridgehead atoms. The summed E-state index contributed by atoms with van der Waals surface area (Å²) in [6.07, 6.45) is 5.64. The van der Waals surface area contributed by atoms with Gasteiger partial charge in [-0.3, -0.25) is 5.01 Å². The van der Waals surface area contributed by atoms with Crippen LogP contribution < -0.4 is 0 Å². The second-order valence-corrected chi connectivity index (χ2v) is 8.28. The van der Waals surface area contributed by atoms with Crippen LogP contribution in [0.1, 0.15) is 32.6 Å². The molecule has 0 spiro atoms. The molecule has 1 rings (SSSR count). The Labute approximate surface area is 139 Å². The molecule has 0 radical (unpaired) electrons. The molecule has 1 aliphatic heterocycles. The van der Waals surface area contributed by atoms with Gasteiger partial charge in [-0.15, -0.1) is 0 Å². The van der Waals surface area contributed by atoms with Crippen LogP contribution in [0.4, 0.5) is 0 Å². The lowest BCUT2D eigenvalue weighted by molar-refractivity contribution is 0.128. The van der Waals surface area contributed by atoms with Gasteiger partial charge >= 0.3 is 0 Å². The summed E-state index contributed by atoms with van der Waals surface area (Å²) in [5, 5.41) is 6.04. The fraction of sp³-hybridized carbons (Fsp3) is 0.909. The van der Waals surface area contributed by atoms with Crippen molar-refractivity contribution in [3.05, 3.63) is 0 Å². The van der Waals surface area contributed by atoms with Gasteiger partial charge < -0.3 is 4.90 Å². The molecule has 0 aromatic rings. The van der Waals surface area contributed by atoms with Crippen molar-refractivity contribution in [2.75, 3.05) is 13.6 Å². The molecule has 112 valence electrons. The first-order valence-electron chi connectivity index (χ1n) is 6.19. The molecular weight excluding hydrogens is 351 g/mol. The minimum atomic E-state index is -1.80. The Morgan fingerprint density at radius 1 is 1.11 bits per heavy atom. The van der Waals surface area contributed by atoms with E-state index in [-0.39, 0.29) is 0 Å². The molecule has 3 nitrogen and oxygen atoms in total. The fourth-order valence-electron chi connectivity index (χ4n) is 1.95. The number of rotatable bonds is 6. The van der Waals surface area contributed by atoms with Crippen molar-refractivity contribution < 1.29 is 0 Å². The molecule has 0 saturated heterocycles. The van der Waals surface area contributed by atoms with Crippen LogP contribution in [0.5, 0.6) is 0 Å². The predicted octanol–water partition coefficient (Wildman–Crippen LogP) is 4.63. The highest BCUT2D eigenvalue weighted by molar-refractivity contribution is 6.75. The van der Waals surface area contributed by atoms with E-state index in [1.54, 1.807) is 23.3 Å². The predicted molar refractivity (Wildman–Crippen MR) is 85.6 cm³/mol. The van der Waals surface area contributed by atoms with Crippen LogP contribution in [-0.2, 0) is 0 Å². The first kappa shape index (κ1) is 17.8. The third-order valence-corrected chi connectivity index (χ3v) is 5.43. The van der Waals surface area contributed by atoms with Crippen LogP contribution in [0, 0.1) is 0 Å². The molecule has 8 heteroatoms. The smallest absolute Gasteiger partial charge is 0.227 e. The van der Waals surface area contributed by atoms with Crippen LogP contribution in [0.25, 0.3) is 0 Å². The highest BCUT2D eigenvalue weighted by Gasteiger charge is 2.56. The van der Waals surface area contributed by atoms with E-state index in [9.17, 15) is 0 Å². The van der Waals surface area contributed by atoms with Crippen LogP contribution >= 0.6 is 58.0 Å². The molecule has 19 heavy (non-hydrogen) atoms. The van der Waals surface area contributed by atoms with Crippen molar-refractivity contribution >= 4 is 64.3 Å². The minimum Gasteiger partial charge on any atom is -0.340 e. The molecule has 0 saturated carbocycles. The van der Waals surface area contributed by atoms with Gasteiger partial charge in [0.05, 0.1) is 0 Å². The van der Waals surface area contributed by atoms with Gasteiger partial charge in [-0.25, -0.2) is 0 Å². The first-order chi connectivity index (χ1) is 8.71. The van der Waals surface area contributed by atoms with E-state index in [1.165, 1.54) is 12.8 Å². The average Bonchev–Trinajstić information content (AvgIpc) is 2.65. The minimum absolute atomic E-state index is 0.495. The standard InChI is InChI=1S/C11H18Cl5N3/c1-3-4-5-6-7-19-9(18(2)8-17-19)10(12,13)11(14,15)16/h8-9H,3-7H2,1-2H3. The Morgan fingerprint density at radius 2 is 1.74 bits per heavy atom. The summed E-state index contributed by atoms with van der Waals surface area (Å²) in [4.78, 5) is 1.75. The summed E-state index contributed by atoms with van der Waals surface area (Å²) in [5.41, 5.74) is 0. The summed E-state index contributed by atoms with van der Waals surface area (Å²) in [7, 11) is 1.80. The van der Waals surface area contributed by atoms with E-state index in [0.29, 0.717) is 0 Å². The summed E-state index contributed by atoms with van der Waals surface area (Å²) in [6.45, 7) is 2.89. The molecule has 0 aromatic heterocycles. The lowest BCUT2D eigenvalue weighted by Crippen LogP contribution is -2.55. The van der Waals surface area contributed by atoms with Gasteiger partial charge in [0.25, 0.3) is 0 Å². The number of hydrazone groups is 1. The third kappa shape index (κ3) is 4.34. The van der Waals surface area contributed by atoms with E-state index in [4.69, 9.17) is 58.0 Å². The molecular formula is C11H18Cl5N3. The number of nitrogens with zero attached hydrogens (tertiary/aromatic N) is 3. The number of alkyl halides is 5. The zero-order valence-electron chi connectivity index (χ0n) is 10.9. The number of hydrogen-bond acceptors (Lipinski definition) is 3. The highest BCUT2D eigenvalue weighted by Crippen LogP contribution is 2.50. The monoisotopic (exact) mass is 367 g/mol. The van der Waals surface area contributed by atoms with Crippen molar-refractivity contribution in [1.82, 2.24) is 9.91 Å². The van der Waals surface area contributed by atoms with Crippen LogP contribution in [-0.4, -0.2) is 44.1 Å². The Morgan fingerprint density at radius 3 is 2.26 bits per heavy atom. The number of halogens is 5. The summed E-state index contributed by atoms with van der Waals surface area (Å²) in [6, 6.07) is 0. The van der Waals surface area contributed by atoms with Gasteiger partial charge in [-0.1, -0.05) is 84.2 Å². The maximum Gasteiger partial charge on any atom is 0.227 e. The van der Waals surface area contributed by atoms with Crippen molar-refractivity contribution in [3.8, 4) is 0 Å².